The topological polar surface area (TPSA) is 245 Å². The van der Waals surface area contributed by atoms with Crippen LogP contribution >= 0.6 is 0 Å². The summed E-state index contributed by atoms with van der Waals surface area (Å²) in [4.78, 5) is 40.6. The molecule has 0 aromatic carbocycles. The zero-order valence-electron chi connectivity index (χ0n) is 18.6. The molecule has 3 unspecified atom stereocenters. The monoisotopic (exact) mass is 451 g/mol. The lowest BCUT2D eigenvalue weighted by Crippen LogP contribution is -2.36. The fourth-order valence-electron chi connectivity index (χ4n) is 1.83. The Hall–Kier alpha value is -2.28. The second-order valence-electron chi connectivity index (χ2n) is 6.89. The van der Waals surface area contributed by atoms with E-state index in [1.807, 2.05) is 0 Å². The van der Waals surface area contributed by atoms with Crippen molar-refractivity contribution in [2.75, 3.05) is 13.1 Å². The van der Waals surface area contributed by atoms with Crippen LogP contribution in [-0.4, -0.2) is 70.3 Å². The molecule has 0 saturated heterocycles. The Morgan fingerprint density at radius 2 is 1.45 bits per heavy atom. The molecule has 1 amide bonds. The Morgan fingerprint density at radius 3 is 1.84 bits per heavy atom. The van der Waals surface area contributed by atoms with Crippen LogP contribution in [0, 0.1) is 0 Å². The number of hydrogen-bond donors (Lipinski definition) is 8. The van der Waals surface area contributed by atoms with Crippen molar-refractivity contribution in [3.05, 3.63) is 0 Å². The molecule has 12 heteroatoms. The Kier molecular flexibility index (Phi) is 24.1. The van der Waals surface area contributed by atoms with E-state index in [9.17, 15) is 19.2 Å². The van der Waals surface area contributed by atoms with Gasteiger partial charge in [0.15, 0.2) is 0 Å². The van der Waals surface area contributed by atoms with E-state index in [1.54, 1.807) is 6.92 Å². The van der Waals surface area contributed by atoms with E-state index >= 15 is 0 Å². The van der Waals surface area contributed by atoms with Crippen molar-refractivity contribution in [1.82, 2.24) is 5.32 Å². The normalized spacial score (nSPS) is 12.8. The standard InChI is InChI=1S/C8H17NO2.C6H14N2O2.C5H10N2O3/c1-3-4-5-6-9-7(2)8(10)11;7-4-2-1-3-5(8)6(9)10;6-3(5(7)10)1-2-4(8)9/h7,9H,3-6H2,1-2H3,(H,10,11);5H,1-4,7-8H2,(H,9,10);3H,1-2,6H2,(H2,7,10)(H,8,9). The van der Waals surface area contributed by atoms with Crippen LogP contribution < -0.4 is 28.3 Å². The maximum absolute atomic E-state index is 10.3. The number of carboxylic acids is 3. The van der Waals surface area contributed by atoms with Crippen molar-refractivity contribution in [3.63, 3.8) is 0 Å². The average molecular weight is 452 g/mol. The number of rotatable bonds is 15. The van der Waals surface area contributed by atoms with Gasteiger partial charge in [-0.05, 0) is 45.7 Å². The summed E-state index contributed by atoms with van der Waals surface area (Å²) in [7, 11) is 0. The molecule has 12 N–H and O–H groups in total. The molecular formula is C19H41N5O7. The summed E-state index contributed by atoms with van der Waals surface area (Å²) < 4.78 is 0. The molecule has 0 aromatic rings. The van der Waals surface area contributed by atoms with Crippen molar-refractivity contribution in [1.29, 1.82) is 0 Å². The Bertz CT molecular complexity index is 506. The summed E-state index contributed by atoms with van der Waals surface area (Å²) in [5.41, 5.74) is 20.3. The summed E-state index contributed by atoms with van der Waals surface area (Å²) in [5.74, 6) is -3.35. The second-order valence-corrected chi connectivity index (χ2v) is 6.89. The largest absolute Gasteiger partial charge is 0.481 e. The first-order valence-corrected chi connectivity index (χ1v) is 10.3. The Labute approximate surface area is 183 Å². The van der Waals surface area contributed by atoms with Crippen LogP contribution in [0.4, 0.5) is 0 Å². The predicted octanol–water partition coefficient (Wildman–Crippen LogP) is -0.570. The highest BCUT2D eigenvalue weighted by atomic mass is 16.4. The van der Waals surface area contributed by atoms with Gasteiger partial charge in [0, 0.05) is 6.42 Å². The van der Waals surface area contributed by atoms with E-state index in [4.69, 9.17) is 38.3 Å². The number of carboxylic acid groups (broad SMARTS) is 3. The third kappa shape index (κ3) is 27.7. The lowest BCUT2D eigenvalue weighted by atomic mass is 10.1. The van der Waals surface area contributed by atoms with E-state index in [-0.39, 0.29) is 12.8 Å². The first-order chi connectivity index (χ1) is 14.4. The van der Waals surface area contributed by atoms with Crippen LogP contribution in [-0.2, 0) is 19.2 Å². The molecule has 3 atom stereocenters. The first-order valence-electron chi connectivity index (χ1n) is 10.3. The van der Waals surface area contributed by atoms with Crippen LogP contribution in [0.15, 0.2) is 0 Å². The summed E-state index contributed by atoms with van der Waals surface area (Å²) in [6, 6.07) is -1.96. The fourth-order valence-corrected chi connectivity index (χ4v) is 1.83. The minimum absolute atomic E-state index is 0.102. The van der Waals surface area contributed by atoms with E-state index in [1.165, 1.54) is 12.8 Å². The molecule has 184 valence electrons. The molecule has 31 heavy (non-hydrogen) atoms. The number of nitrogens with one attached hydrogen (secondary N) is 1. The van der Waals surface area contributed by atoms with Gasteiger partial charge in [-0.3, -0.25) is 19.2 Å². The Morgan fingerprint density at radius 1 is 0.871 bits per heavy atom. The SMILES string of the molecule is CCCCCNC(C)C(=O)O.NC(=O)C(N)CCC(=O)O.NCCCCC(N)C(=O)O. The molecule has 0 spiro atoms. The van der Waals surface area contributed by atoms with Crippen molar-refractivity contribution < 1.29 is 34.5 Å². The van der Waals surface area contributed by atoms with Gasteiger partial charge in [0.1, 0.15) is 12.1 Å². The van der Waals surface area contributed by atoms with Crippen LogP contribution in [0.2, 0.25) is 0 Å². The molecule has 0 aliphatic rings. The number of amides is 1. The molecular weight excluding hydrogens is 410 g/mol. The summed E-state index contributed by atoms with van der Waals surface area (Å²) in [6.07, 6.45) is 5.54. The number of aliphatic carboxylic acids is 3. The summed E-state index contributed by atoms with van der Waals surface area (Å²) in [5, 5.41) is 27.9. The van der Waals surface area contributed by atoms with Crippen molar-refractivity contribution in [2.24, 2.45) is 22.9 Å². The zero-order valence-corrected chi connectivity index (χ0v) is 18.6. The van der Waals surface area contributed by atoms with E-state index in [0.717, 1.165) is 25.8 Å². The molecule has 0 fully saturated rings. The van der Waals surface area contributed by atoms with E-state index < -0.39 is 41.9 Å². The van der Waals surface area contributed by atoms with Gasteiger partial charge >= 0.3 is 17.9 Å². The minimum Gasteiger partial charge on any atom is -0.481 e. The Balaban J connectivity index is -0.000000380. The minimum atomic E-state index is -0.975. The lowest BCUT2D eigenvalue weighted by Gasteiger charge is -2.07. The van der Waals surface area contributed by atoms with Gasteiger partial charge in [0.05, 0.1) is 6.04 Å². The zero-order chi connectivity index (χ0) is 24.8. The summed E-state index contributed by atoms with van der Waals surface area (Å²) >= 11 is 0. The maximum atomic E-state index is 10.3. The highest BCUT2D eigenvalue weighted by molar-refractivity contribution is 5.80. The number of carbonyl (C=O) groups excluding carboxylic acids is 1. The smallest absolute Gasteiger partial charge is 0.320 e. The first kappa shape index (κ1) is 33.4. The van der Waals surface area contributed by atoms with Gasteiger partial charge in [0.25, 0.3) is 0 Å². The van der Waals surface area contributed by atoms with Gasteiger partial charge in [-0.15, -0.1) is 0 Å². The molecule has 0 aromatic heterocycles. The van der Waals surface area contributed by atoms with Crippen LogP contribution in [0.5, 0.6) is 0 Å². The van der Waals surface area contributed by atoms with Gasteiger partial charge in [-0.25, -0.2) is 0 Å². The highest BCUT2D eigenvalue weighted by Gasteiger charge is 2.10. The highest BCUT2D eigenvalue weighted by Crippen LogP contribution is 1.97. The fraction of sp³-hybridized carbons (Fsp3) is 0.789. The number of primary amides is 1. The average Bonchev–Trinajstić information content (AvgIpc) is 2.69. The molecule has 0 radical (unpaired) electrons. The number of hydrogen-bond acceptors (Lipinski definition) is 8. The molecule has 0 heterocycles. The maximum Gasteiger partial charge on any atom is 0.320 e. The van der Waals surface area contributed by atoms with Gasteiger partial charge < -0.3 is 43.6 Å². The molecule has 0 bridgehead atoms. The number of carbonyl (C=O) groups is 4. The van der Waals surface area contributed by atoms with Crippen LogP contribution in [0.25, 0.3) is 0 Å². The lowest BCUT2D eigenvalue weighted by molar-refractivity contribution is -0.139. The number of unbranched alkanes of at least 4 members (excludes halogenated alkanes) is 3. The third-order valence-electron chi connectivity index (χ3n) is 3.92. The van der Waals surface area contributed by atoms with E-state index in [0.29, 0.717) is 13.0 Å². The van der Waals surface area contributed by atoms with Gasteiger partial charge in [0.2, 0.25) is 5.91 Å². The molecule has 12 nitrogen and oxygen atoms in total. The molecule has 0 aliphatic heterocycles. The molecule has 0 rings (SSSR count). The quantitative estimate of drug-likeness (QED) is 0.146. The summed E-state index contributed by atoms with van der Waals surface area (Å²) in [6.45, 7) is 5.20. The van der Waals surface area contributed by atoms with Crippen LogP contribution in [0.3, 0.4) is 0 Å². The van der Waals surface area contributed by atoms with E-state index in [2.05, 4.69) is 12.2 Å². The van der Waals surface area contributed by atoms with Gasteiger partial charge in [-0.1, -0.05) is 26.2 Å². The van der Waals surface area contributed by atoms with Crippen molar-refractivity contribution >= 4 is 23.8 Å². The number of nitrogens with two attached hydrogens (primary N) is 4. The second kappa shape index (κ2) is 22.4. The van der Waals surface area contributed by atoms with Crippen molar-refractivity contribution in [3.8, 4) is 0 Å². The molecule has 0 aliphatic carbocycles. The van der Waals surface area contributed by atoms with Gasteiger partial charge in [-0.2, -0.15) is 0 Å². The molecule has 0 saturated carbocycles. The third-order valence-corrected chi connectivity index (χ3v) is 3.92. The van der Waals surface area contributed by atoms with Crippen molar-refractivity contribution in [2.45, 2.75) is 83.3 Å². The van der Waals surface area contributed by atoms with Crippen LogP contribution in [0.1, 0.15) is 65.2 Å². The predicted molar refractivity (Wildman–Crippen MR) is 117 cm³/mol.